The molecular formula is C17H24ClNO3S. The van der Waals surface area contributed by atoms with Gasteiger partial charge in [0.05, 0.1) is 5.75 Å². The standard InChI is InChI=1S/C17H24ClNO3S/c18-15-7-1-12(2-8-15)9-10-23(21,22)19-17(14-5-6-14)16(11-20)13-3-4-13/h1-2,7-8,13-14,16-17,19-20H,3-6,9-11H2. The topological polar surface area (TPSA) is 66.4 Å². The second-order valence-electron chi connectivity index (χ2n) is 6.86. The van der Waals surface area contributed by atoms with Gasteiger partial charge in [-0.3, -0.25) is 0 Å². The number of nitrogens with one attached hydrogen (secondary N) is 1. The van der Waals surface area contributed by atoms with Gasteiger partial charge in [-0.1, -0.05) is 23.7 Å². The average Bonchev–Trinajstić information content (AvgIpc) is 3.38. The fraction of sp³-hybridized carbons (Fsp3) is 0.647. The van der Waals surface area contributed by atoms with Crippen LogP contribution in [0.2, 0.25) is 5.02 Å². The van der Waals surface area contributed by atoms with Crippen molar-refractivity contribution in [1.82, 2.24) is 4.72 Å². The summed E-state index contributed by atoms with van der Waals surface area (Å²) in [5, 5.41) is 10.3. The predicted octanol–water partition coefficient (Wildman–Crippen LogP) is 2.60. The van der Waals surface area contributed by atoms with E-state index in [2.05, 4.69) is 4.72 Å². The molecular weight excluding hydrogens is 334 g/mol. The lowest BCUT2D eigenvalue weighted by Crippen LogP contribution is -2.45. The van der Waals surface area contributed by atoms with E-state index in [1.54, 1.807) is 12.1 Å². The number of aliphatic hydroxyl groups excluding tert-OH is 1. The first-order valence-electron chi connectivity index (χ1n) is 8.34. The summed E-state index contributed by atoms with van der Waals surface area (Å²) in [5.74, 6) is 1.04. The van der Waals surface area contributed by atoms with Gasteiger partial charge in [0.2, 0.25) is 10.0 Å². The number of sulfonamides is 1. The van der Waals surface area contributed by atoms with Gasteiger partial charge in [0, 0.05) is 23.6 Å². The molecule has 2 unspecified atom stereocenters. The van der Waals surface area contributed by atoms with E-state index in [4.69, 9.17) is 11.6 Å². The van der Waals surface area contributed by atoms with Gasteiger partial charge in [0.25, 0.3) is 0 Å². The van der Waals surface area contributed by atoms with Crippen molar-refractivity contribution in [2.45, 2.75) is 38.1 Å². The van der Waals surface area contributed by atoms with Crippen LogP contribution in [0.5, 0.6) is 0 Å². The Morgan fingerprint density at radius 3 is 2.26 bits per heavy atom. The van der Waals surface area contributed by atoms with Gasteiger partial charge in [-0.25, -0.2) is 13.1 Å². The van der Waals surface area contributed by atoms with Gasteiger partial charge in [-0.2, -0.15) is 0 Å². The van der Waals surface area contributed by atoms with Crippen LogP contribution < -0.4 is 4.72 Å². The second-order valence-corrected chi connectivity index (χ2v) is 9.17. The van der Waals surface area contributed by atoms with Crippen molar-refractivity contribution in [3.63, 3.8) is 0 Å². The van der Waals surface area contributed by atoms with Crippen LogP contribution in [0.25, 0.3) is 0 Å². The first-order chi connectivity index (χ1) is 11.0. The Hall–Kier alpha value is -0.620. The highest BCUT2D eigenvalue weighted by Gasteiger charge is 2.44. The molecule has 1 aromatic carbocycles. The molecule has 2 aliphatic carbocycles. The van der Waals surface area contributed by atoms with E-state index in [1.807, 2.05) is 12.1 Å². The first kappa shape index (κ1) is 17.2. The van der Waals surface area contributed by atoms with E-state index < -0.39 is 10.0 Å². The molecule has 128 valence electrons. The zero-order chi connectivity index (χ0) is 16.4. The maximum atomic E-state index is 12.5. The minimum absolute atomic E-state index is 0.0701. The van der Waals surface area contributed by atoms with E-state index in [0.29, 0.717) is 23.3 Å². The summed E-state index contributed by atoms with van der Waals surface area (Å²) in [6.45, 7) is 0.0749. The SMILES string of the molecule is O=S(=O)(CCc1ccc(Cl)cc1)NC(C1CC1)C(CO)C1CC1. The van der Waals surface area contributed by atoms with Crippen LogP contribution >= 0.6 is 11.6 Å². The molecule has 0 aromatic heterocycles. The van der Waals surface area contributed by atoms with Crippen molar-refractivity contribution in [2.75, 3.05) is 12.4 Å². The van der Waals surface area contributed by atoms with Crippen molar-refractivity contribution in [3.05, 3.63) is 34.9 Å². The molecule has 4 nitrogen and oxygen atoms in total. The lowest BCUT2D eigenvalue weighted by atomic mass is 9.92. The molecule has 2 atom stereocenters. The number of benzene rings is 1. The fourth-order valence-electron chi connectivity index (χ4n) is 3.24. The van der Waals surface area contributed by atoms with Crippen molar-refractivity contribution in [3.8, 4) is 0 Å². The summed E-state index contributed by atoms with van der Waals surface area (Å²) in [6, 6.07) is 7.17. The number of hydrogen-bond acceptors (Lipinski definition) is 3. The van der Waals surface area contributed by atoms with Gasteiger partial charge in [0.1, 0.15) is 0 Å². The van der Waals surface area contributed by atoms with E-state index >= 15 is 0 Å². The molecule has 2 saturated carbocycles. The maximum Gasteiger partial charge on any atom is 0.212 e. The van der Waals surface area contributed by atoms with E-state index in [9.17, 15) is 13.5 Å². The molecule has 0 amide bonds. The zero-order valence-electron chi connectivity index (χ0n) is 13.1. The molecule has 1 aromatic rings. The smallest absolute Gasteiger partial charge is 0.212 e. The number of hydrogen-bond donors (Lipinski definition) is 2. The quantitative estimate of drug-likeness (QED) is 0.714. The van der Waals surface area contributed by atoms with E-state index in [0.717, 1.165) is 31.2 Å². The zero-order valence-corrected chi connectivity index (χ0v) is 14.7. The van der Waals surface area contributed by atoms with Crippen molar-refractivity contribution >= 4 is 21.6 Å². The average molecular weight is 358 g/mol. The van der Waals surface area contributed by atoms with Crippen LogP contribution in [-0.4, -0.2) is 31.9 Å². The summed E-state index contributed by atoms with van der Waals surface area (Å²) >= 11 is 5.84. The summed E-state index contributed by atoms with van der Waals surface area (Å²) < 4.78 is 27.8. The van der Waals surface area contributed by atoms with Crippen molar-refractivity contribution in [1.29, 1.82) is 0 Å². The minimum Gasteiger partial charge on any atom is -0.396 e. The van der Waals surface area contributed by atoms with Gasteiger partial charge >= 0.3 is 0 Å². The number of aliphatic hydroxyl groups is 1. The molecule has 3 rings (SSSR count). The number of halogens is 1. The fourth-order valence-corrected chi connectivity index (χ4v) is 4.77. The summed E-state index contributed by atoms with van der Waals surface area (Å²) in [7, 11) is -3.35. The molecule has 2 fully saturated rings. The molecule has 0 heterocycles. The summed E-state index contributed by atoms with van der Waals surface area (Å²) in [4.78, 5) is 0. The third kappa shape index (κ3) is 4.92. The Labute approximate surface area is 143 Å². The van der Waals surface area contributed by atoms with Crippen molar-refractivity contribution < 1.29 is 13.5 Å². The van der Waals surface area contributed by atoms with Crippen LogP contribution in [0.15, 0.2) is 24.3 Å². The largest absolute Gasteiger partial charge is 0.396 e. The van der Waals surface area contributed by atoms with Gasteiger partial charge in [-0.05, 0) is 61.6 Å². The Morgan fingerprint density at radius 2 is 1.74 bits per heavy atom. The van der Waals surface area contributed by atoms with Crippen molar-refractivity contribution in [2.24, 2.45) is 17.8 Å². The third-order valence-corrected chi connectivity index (χ3v) is 6.54. The molecule has 0 bridgehead atoms. The second kappa shape index (κ2) is 7.09. The Morgan fingerprint density at radius 1 is 1.13 bits per heavy atom. The van der Waals surface area contributed by atoms with Crippen LogP contribution in [0.1, 0.15) is 31.2 Å². The Kier molecular flexibility index (Phi) is 5.31. The monoisotopic (exact) mass is 357 g/mol. The molecule has 0 radical (unpaired) electrons. The van der Waals surface area contributed by atoms with Crippen LogP contribution in [0.3, 0.4) is 0 Å². The first-order valence-corrected chi connectivity index (χ1v) is 10.4. The highest BCUT2D eigenvalue weighted by molar-refractivity contribution is 7.89. The number of aryl methyl sites for hydroxylation is 1. The predicted molar refractivity (Wildman–Crippen MR) is 91.9 cm³/mol. The molecule has 0 spiro atoms. The highest BCUT2D eigenvalue weighted by atomic mass is 35.5. The van der Waals surface area contributed by atoms with Crippen LogP contribution in [0.4, 0.5) is 0 Å². The third-order valence-electron chi connectivity index (χ3n) is 4.92. The normalized spacial score (nSPS) is 21.1. The molecule has 0 saturated heterocycles. The molecule has 6 heteroatoms. The minimum atomic E-state index is -3.35. The van der Waals surface area contributed by atoms with Gasteiger partial charge < -0.3 is 5.11 Å². The Balaban J connectivity index is 1.60. The maximum absolute atomic E-state index is 12.5. The summed E-state index contributed by atoms with van der Waals surface area (Å²) in [5.41, 5.74) is 0.962. The number of rotatable bonds is 9. The Bertz CT molecular complexity index is 624. The molecule has 2 aliphatic rings. The van der Waals surface area contributed by atoms with E-state index in [1.165, 1.54) is 0 Å². The van der Waals surface area contributed by atoms with Gasteiger partial charge in [0.15, 0.2) is 0 Å². The van der Waals surface area contributed by atoms with Crippen LogP contribution in [0, 0.1) is 17.8 Å². The van der Waals surface area contributed by atoms with Crippen LogP contribution in [-0.2, 0) is 16.4 Å². The van der Waals surface area contributed by atoms with E-state index in [-0.39, 0.29) is 24.3 Å². The molecule has 0 aliphatic heterocycles. The molecule has 2 N–H and O–H groups in total. The highest BCUT2D eigenvalue weighted by Crippen LogP contribution is 2.45. The molecule has 23 heavy (non-hydrogen) atoms. The summed E-state index contributed by atoms with van der Waals surface area (Å²) in [6.07, 6.45) is 4.82. The lowest BCUT2D eigenvalue weighted by Gasteiger charge is -2.26. The van der Waals surface area contributed by atoms with Gasteiger partial charge in [-0.15, -0.1) is 0 Å². The lowest BCUT2D eigenvalue weighted by molar-refractivity contribution is 0.171.